The molecule has 0 amide bonds. The maximum Gasteiger partial charge on any atom is 0.391 e. The molecule has 1 atom stereocenters. The van der Waals surface area contributed by atoms with E-state index in [4.69, 9.17) is 4.74 Å². The van der Waals surface area contributed by atoms with E-state index in [1.165, 1.54) is 6.92 Å². The van der Waals surface area contributed by atoms with Gasteiger partial charge >= 0.3 is 6.18 Å². The molecule has 0 aromatic carbocycles. The van der Waals surface area contributed by atoms with E-state index in [0.717, 1.165) is 6.42 Å². The van der Waals surface area contributed by atoms with Gasteiger partial charge in [0.05, 0.1) is 13.0 Å². The summed E-state index contributed by atoms with van der Waals surface area (Å²) < 4.78 is 42.0. The molecule has 1 unspecified atom stereocenters. The molecular formula is C12H18F3N3O. The zero-order valence-electron chi connectivity index (χ0n) is 11.2. The lowest BCUT2D eigenvalue weighted by atomic mass is 10.2. The van der Waals surface area contributed by atoms with Crippen LogP contribution >= 0.6 is 0 Å². The number of nitrogens with one attached hydrogen (secondary N) is 1. The second-order valence-electron chi connectivity index (χ2n) is 4.38. The summed E-state index contributed by atoms with van der Waals surface area (Å²) in [6, 6.07) is 0.857. The second kappa shape index (κ2) is 6.58. The second-order valence-corrected chi connectivity index (χ2v) is 4.38. The van der Waals surface area contributed by atoms with Crippen molar-refractivity contribution in [2.45, 2.75) is 45.8 Å². The van der Waals surface area contributed by atoms with Crippen molar-refractivity contribution in [2.75, 3.05) is 11.9 Å². The SMILES string of the molecule is CCCOc1cc(C)nc(NC(C)CC(F)(F)F)n1. The smallest absolute Gasteiger partial charge is 0.391 e. The third kappa shape index (κ3) is 6.26. The highest BCUT2D eigenvalue weighted by molar-refractivity contribution is 5.31. The number of rotatable bonds is 6. The predicted molar refractivity (Wildman–Crippen MR) is 66.3 cm³/mol. The predicted octanol–water partition coefficient (Wildman–Crippen LogP) is 3.33. The molecule has 1 aromatic rings. The molecule has 1 aromatic heterocycles. The van der Waals surface area contributed by atoms with Crippen LogP contribution < -0.4 is 10.1 Å². The van der Waals surface area contributed by atoms with Gasteiger partial charge in [-0.3, -0.25) is 0 Å². The van der Waals surface area contributed by atoms with Gasteiger partial charge in [-0.15, -0.1) is 0 Å². The quantitative estimate of drug-likeness (QED) is 0.866. The van der Waals surface area contributed by atoms with Crippen LogP contribution in [0.4, 0.5) is 19.1 Å². The van der Waals surface area contributed by atoms with Crippen LogP contribution in [0.5, 0.6) is 5.88 Å². The van der Waals surface area contributed by atoms with Crippen molar-refractivity contribution < 1.29 is 17.9 Å². The number of hydrogen-bond acceptors (Lipinski definition) is 4. The number of alkyl halides is 3. The van der Waals surface area contributed by atoms with Gasteiger partial charge in [0.25, 0.3) is 0 Å². The van der Waals surface area contributed by atoms with E-state index in [-0.39, 0.29) is 5.95 Å². The van der Waals surface area contributed by atoms with Gasteiger partial charge in [0.15, 0.2) is 0 Å². The Morgan fingerprint density at radius 1 is 1.37 bits per heavy atom. The summed E-state index contributed by atoms with van der Waals surface area (Å²) in [6.45, 7) is 5.64. The van der Waals surface area contributed by atoms with Crippen molar-refractivity contribution in [3.63, 3.8) is 0 Å². The first kappa shape index (κ1) is 15.5. The summed E-state index contributed by atoms with van der Waals surface area (Å²) in [5, 5.41) is 2.63. The molecule has 19 heavy (non-hydrogen) atoms. The zero-order chi connectivity index (χ0) is 14.5. The van der Waals surface area contributed by atoms with Crippen LogP contribution in [0.15, 0.2) is 6.07 Å². The molecule has 4 nitrogen and oxygen atoms in total. The lowest BCUT2D eigenvalue weighted by molar-refractivity contribution is -0.136. The molecule has 7 heteroatoms. The number of ether oxygens (including phenoxy) is 1. The Morgan fingerprint density at radius 2 is 2.05 bits per heavy atom. The van der Waals surface area contributed by atoms with Crippen LogP contribution in [0.2, 0.25) is 0 Å². The van der Waals surface area contributed by atoms with Crippen LogP contribution in [-0.2, 0) is 0 Å². The van der Waals surface area contributed by atoms with Crippen LogP contribution in [0.25, 0.3) is 0 Å². The first-order valence-corrected chi connectivity index (χ1v) is 6.12. The third-order valence-corrected chi connectivity index (χ3v) is 2.20. The van der Waals surface area contributed by atoms with Crippen molar-refractivity contribution in [1.82, 2.24) is 9.97 Å². The molecule has 0 aliphatic rings. The Kier molecular flexibility index (Phi) is 5.38. The summed E-state index contributed by atoms with van der Waals surface area (Å²) in [5.41, 5.74) is 0.641. The van der Waals surface area contributed by atoms with Crippen molar-refractivity contribution in [3.8, 4) is 5.88 Å². The summed E-state index contributed by atoms with van der Waals surface area (Å²) in [4.78, 5) is 8.07. The molecule has 1 rings (SSSR count). The fourth-order valence-corrected chi connectivity index (χ4v) is 1.50. The normalized spacial score (nSPS) is 13.2. The zero-order valence-corrected chi connectivity index (χ0v) is 11.2. The van der Waals surface area contributed by atoms with Crippen molar-refractivity contribution in [1.29, 1.82) is 0 Å². The van der Waals surface area contributed by atoms with Crippen molar-refractivity contribution in [2.24, 2.45) is 0 Å². The lowest BCUT2D eigenvalue weighted by Crippen LogP contribution is -2.25. The fourth-order valence-electron chi connectivity index (χ4n) is 1.50. The molecule has 0 fully saturated rings. The number of hydrogen-bond donors (Lipinski definition) is 1. The maximum absolute atomic E-state index is 12.2. The molecule has 0 saturated heterocycles. The van der Waals surface area contributed by atoms with Gasteiger partial charge in [-0.05, 0) is 20.3 Å². The molecular weight excluding hydrogens is 259 g/mol. The van der Waals surface area contributed by atoms with E-state index in [1.807, 2.05) is 6.92 Å². The topological polar surface area (TPSA) is 47.0 Å². The monoisotopic (exact) mass is 277 g/mol. The lowest BCUT2D eigenvalue weighted by Gasteiger charge is -2.16. The molecule has 0 saturated carbocycles. The van der Waals surface area contributed by atoms with Gasteiger partial charge in [0.1, 0.15) is 0 Å². The van der Waals surface area contributed by atoms with E-state index in [2.05, 4.69) is 15.3 Å². The Hall–Kier alpha value is -1.53. The summed E-state index contributed by atoms with van der Waals surface area (Å²) >= 11 is 0. The van der Waals surface area contributed by atoms with Crippen molar-refractivity contribution >= 4 is 5.95 Å². The van der Waals surface area contributed by atoms with Gasteiger partial charge in [0.2, 0.25) is 11.8 Å². The highest BCUT2D eigenvalue weighted by Gasteiger charge is 2.30. The Morgan fingerprint density at radius 3 is 2.63 bits per heavy atom. The van der Waals surface area contributed by atoms with Crippen molar-refractivity contribution in [3.05, 3.63) is 11.8 Å². The van der Waals surface area contributed by atoms with Gasteiger partial charge in [0, 0.05) is 17.8 Å². The minimum Gasteiger partial charge on any atom is -0.478 e. The Balaban J connectivity index is 2.69. The van der Waals surface area contributed by atoms with Gasteiger partial charge in [-0.1, -0.05) is 6.92 Å². The fraction of sp³-hybridized carbons (Fsp3) is 0.667. The summed E-state index contributed by atoms with van der Waals surface area (Å²) in [5.74, 6) is 0.527. The number of anilines is 1. The van der Waals surface area contributed by atoms with Crippen LogP contribution in [-0.4, -0.2) is 28.8 Å². The molecule has 1 heterocycles. The molecule has 0 aliphatic carbocycles. The Labute approximate surface area is 110 Å². The number of nitrogens with zero attached hydrogens (tertiary/aromatic N) is 2. The van der Waals surface area contributed by atoms with E-state index in [9.17, 15) is 13.2 Å². The third-order valence-electron chi connectivity index (χ3n) is 2.20. The minimum absolute atomic E-state index is 0.155. The Bertz CT molecular complexity index is 410. The molecule has 0 spiro atoms. The van der Waals surface area contributed by atoms with Gasteiger partial charge in [-0.2, -0.15) is 18.2 Å². The average molecular weight is 277 g/mol. The van der Waals surface area contributed by atoms with Crippen LogP contribution in [0, 0.1) is 6.92 Å². The molecule has 108 valence electrons. The highest BCUT2D eigenvalue weighted by Crippen LogP contribution is 2.23. The number of aryl methyl sites for hydroxylation is 1. The molecule has 0 bridgehead atoms. The van der Waals surface area contributed by atoms with Crippen LogP contribution in [0.1, 0.15) is 32.4 Å². The number of halogens is 3. The van der Waals surface area contributed by atoms with E-state index >= 15 is 0 Å². The van der Waals surface area contributed by atoms with E-state index in [0.29, 0.717) is 18.2 Å². The maximum atomic E-state index is 12.2. The number of aromatic nitrogens is 2. The van der Waals surface area contributed by atoms with Crippen LogP contribution in [0.3, 0.4) is 0 Å². The minimum atomic E-state index is -4.21. The van der Waals surface area contributed by atoms with E-state index < -0.39 is 18.6 Å². The molecule has 1 N–H and O–H groups in total. The molecule has 0 radical (unpaired) electrons. The summed E-state index contributed by atoms with van der Waals surface area (Å²) in [7, 11) is 0. The average Bonchev–Trinajstić information content (AvgIpc) is 2.22. The largest absolute Gasteiger partial charge is 0.478 e. The standard InChI is InChI=1S/C12H18F3N3O/c1-4-5-19-10-6-8(2)16-11(18-10)17-9(3)7-12(13,14)15/h6,9H,4-5,7H2,1-3H3,(H,16,17,18). The molecule has 0 aliphatic heterocycles. The highest BCUT2D eigenvalue weighted by atomic mass is 19.4. The first-order valence-electron chi connectivity index (χ1n) is 6.12. The summed E-state index contributed by atoms with van der Waals surface area (Å²) in [6.07, 6.45) is -4.32. The van der Waals surface area contributed by atoms with E-state index in [1.54, 1.807) is 13.0 Å². The first-order chi connectivity index (χ1) is 8.80. The van der Waals surface area contributed by atoms with Gasteiger partial charge in [-0.25, -0.2) is 4.98 Å². The van der Waals surface area contributed by atoms with Gasteiger partial charge < -0.3 is 10.1 Å².